The molecule has 19 heavy (non-hydrogen) atoms. The highest BCUT2D eigenvalue weighted by Gasteiger charge is 2.15. The zero-order valence-electron chi connectivity index (χ0n) is 12.2. The highest BCUT2D eigenvalue weighted by atomic mass is 16.4. The molecule has 0 spiro atoms. The molecular formula is C15H24N2O2. The molecule has 0 saturated heterocycles. The summed E-state index contributed by atoms with van der Waals surface area (Å²) in [6.45, 7) is 9.10. The van der Waals surface area contributed by atoms with Crippen LogP contribution in [0.1, 0.15) is 38.3 Å². The van der Waals surface area contributed by atoms with Gasteiger partial charge in [-0.05, 0) is 36.0 Å². The van der Waals surface area contributed by atoms with Crippen LogP contribution in [0.3, 0.4) is 0 Å². The van der Waals surface area contributed by atoms with Gasteiger partial charge in [-0.15, -0.1) is 0 Å². The lowest BCUT2D eigenvalue weighted by Gasteiger charge is -2.21. The second-order valence-corrected chi connectivity index (χ2v) is 5.94. The van der Waals surface area contributed by atoms with Gasteiger partial charge in [0.15, 0.2) is 0 Å². The van der Waals surface area contributed by atoms with E-state index in [0.717, 1.165) is 11.3 Å². The van der Waals surface area contributed by atoms with Crippen molar-refractivity contribution in [3.63, 3.8) is 0 Å². The molecule has 1 atom stereocenters. The number of hydrogen-bond acceptors (Lipinski definition) is 3. The maximum atomic E-state index is 10.6. The van der Waals surface area contributed by atoms with E-state index in [2.05, 4.69) is 44.3 Å². The summed E-state index contributed by atoms with van der Waals surface area (Å²) in [5.74, 6) is -0.957. The number of anilines is 1. The Balaban J connectivity index is 2.70. The zero-order chi connectivity index (χ0) is 14.6. The van der Waals surface area contributed by atoms with Crippen molar-refractivity contribution < 1.29 is 9.90 Å². The van der Waals surface area contributed by atoms with Gasteiger partial charge in [0.05, 0.1) is 0 Å². The smallest absolute Gasteiger partial charge is 0.320 e. The first-order valence-electron chi connectivity index (χ1n) is 6.55. The molecule has 0 amide bonds. The summed E-state index contributed by atoms with van der Waals surface area (Å²) in [6, 6.07) is 5.53. The number of rotatable bonds is 5. The third-order valence-electron chi connectivity index (χ3n) is 3.19. The number of nitrogens with two attached hydrogens (primary N) is 1. The van der Waals surface area contributed by atoms with Crippen LogP contribution in [-0.2, 0) is 10.2 Å². The molecule has 4 heteroatoms. The summed E-state index contributed by atoms with van der Waals surface area (Å²) in [6.07, 6.45) is 0.411. The van der Waals surface area contributed by atoms with E-state index in [0.29, 0.717) is 13.0 Å². The molecule has 0 radical (unpaired) electrons. The molecule has 1 aromatic carbocycles. The first kappa shape index (κ1) is 15.5. The zero-order valence-corrected chi connectivity index (χ0v) is 12.2. The second kappa shape index (κ2) is 6.06. The summed E-state index contributed by atoms with van der Waals surface area (Å²) in [7, 11) is 0. The van der Waals surface area contributed by atoms with Crippen LogP contribution in [0.5, 0.6) is 0 Å². The molecule has 1 unspecified atom stereocenters. The number of nitrogens with one attached hydrogen (secondary N) is 1. The van der Waals surface area contributed by atoms with Gasteiger partial charge in [-0.2, -0.15) is 0 Å². The van der Waals surface area contributed by atoms with Crippen LogP contribution in [-0.4, -0.2) is 23.7 Å². The van der Waals surface area contributed by atoms with Gasteiger partial charge in [-0.25, -0.2) is 0 Å². The predicted molar refractivity (Wildman–Crippen MR) is 78.6 cm³/mol. The monoisotopic (exact) mass is 264 g/mol. The molecule has 1 rings (SSSR count). The molecule has 0 aliphatic rings. The third kappa shape index (κ3) is 4.56. The fourth-order valence-electron chi connectivity index (χ4n) is 1.76. The molecule has 1 aromatic rings. The van der Waals surface area contributed by atoms with Crippen molar-refractivity contribution in [2.45, 2.75) is 45.6 Å². The Hall–Kier alpha value is -1.55. The van der Waals surface area contributed by atoms with Gasteiger partial charge in [-0.1, -0.05) is 32.9 Å². The van der Waals surface area contributed by atoms with Crippen LogP contribution in [0.15, 0.2) is 18.2 Å². The number of carbonyl (C=O) groups is 1. The molecule has 4 N–H and O–H groups in total. The number of hydrogen-bond donors (Lipinski definition) is 3. The van der Waals surface area contributed by atoms with E-state index in [-0.39, 0.29) is 5.41 Å². The normalized spacial score (nSPS) is 13.1. The Bertz CT molecular complexity index is 450. The average molecular weight is 264 g/mol. The second-order valence-electron chi connectivity index (χ2n) is 5.94. The molecule has 4 nitrogen and oxygen atoms in total. The van der Waals surface area contributed by atoms with Crippen molar-refractivity contribution >= 4 is 11.7 Å². The van der Waals surface area contributed by atoms with E-state index in [9.17, 15) is 4.79 Å². The van der Waals surface area contributed by atoms with Gasteiger partial charge >= 0.3 is 5.97 Å². The van der Waals surface area contributed by atoms with E-state index in [1.165, 1.54) is 5.56 Å². The molecule has 0 fully saturated rings. The molecule has 0 aromatic heterocycles. The van der Waals surface area contributed by atoms with Crippen LogP contribution in [0.25, 0.3) is 0 Å². The Morgan fingerprint density at radius 1 is 1.42 bits per heavy atom. The van der Waals surface area contributed by atoms with Crippen LogP contribution >= 0.6 is 0 Å². The van der Waals surface area contributed by atoms with E-state index >= 15 is 0 Å². The van der Waals surface area contributed by atoms with E-state index in [1.807, 2.05) is 6.92 Å². The lowest BCUT2D eigenvalue weighted by Crippen LogP contribution is -2.32. The van der Waals surface area contributed by atoms with Crippen LogP contribution < -0.4 is 11.1 Å². The molecule has 0 bridgehead atoms. The largest absolute Gasteiger partial charge is 0.480 e. The van der Waals surface area contributed by atoms with Gasteiger partial charge in [0.1, 0.15) is 6.04 Å². The number of benzene rings is 1. The summed E-state index contributed by atoms with van der Waals surface area (Å²) < 4.78 is 0. The average Bonchev–Trinajstić information content (AvgIpc) is 2.29. The minimum Gasteiger partial charge on any atom is -0.480 e. The van der Waals surface area contributed by atoms with Gasteiger partial charge in [0, 0.05) is 12.2 Å². The first-order valence-corrected chi connectivity index (χ1v) is 6.55. The number of carboxylic acid groups (broad SMARTS) is 1. The van der Waals surface area contributed by atoms with E-state index < -0.39 is 12.0 Å². The Morgan fingerprint density at radius 2 is 2.05 bits per heavy atom. The molecule has 106 valence electrons. The van der Waals surface area contributed by atoms with Crippen LogP contribution in [0.2, 0.25) is 0 Å². The van der Waals surface area contributed by atoms with Crippen molar-refractivity contribution in [2.75, 3.05) is 11.9 Å². The van der Waals surface area contributed by atoms with E-state index in [4.69, 9.17) is 10.8 Å². The highest BCUT2D eigenvalue weighted by molar-refractivity contribution is 5.73. The van der Waals surface area contributed by atoms with E-state index in [1.54, 1.807) is 0 Å². The number of aliphatic carboxylic acids is 1. The van der Waals surface area contributed by atoms with Gasteiger partial charge < -0.3 is 16.2 Å². The van der Waals surface area contributed by atoms with Crippen molar-refractivity contribution in [1.29, 1.82) is 0 Å². The van der Waals surface area contributed by atoms with Gasteiger partial charge in [-0.3, -0.25) is 4.79 Å². The molecular weight excluding hydrogens is 240 g/mol. The van der Waals surface area contributed by atoms with Gasteiger partial charge in [0.2, 0.25) is 0 Å². The summed E-state index contributed by atoms with van der Waals surface area (Å²) in [4.78, 5) is 10.6. The lowest BCUT2D eigenvalue weighted by molar-refractivity contribution is -0.138. The Morgan fingerprint density at radius 3 is 2.58 bits per heavy atom. The molecule has 0 saturated carbocycles. The van der Waals surface area contributed by atoms with Crippen molar-refractivity contribution in [2.24, 2.45) is 5.73 Å². The fraction of sp³-hybridized carbons (Fsp3) is 0.533. The Labute approximate surface area is 115 Å². The minimum absolute atomic E-state index is 0.0988. The highest BCUT2D eigenvalue weighted by Crippen LogP contribution is 2.26. The fourth-order valence-corrected chi connectivity index (χ4v) is 1.76. The summed E-state index contributed by atoms with van der Waals surface area (Å²) >= 11 is 0. The summed E-state index contributed by atoms with van der Waals surface area (Å²) in [5, 5.41) is 12.0. The predicted octanol–water partition coefficient (Wildman–Crippen LogP) is 2.51. The third-order valence-corrected chi connectivity index (χ3v) is 3.19. The number of carboxylic acids is 1. The minimum atomic E-state index is -0.957. The van der Waals surface area contributed by atoms with Crippen molar-refractivity contribution in [3.8, 4) is 0 Å². The molecule has 0 heterocycles. The number of aryl methyl sites for hydroxylation is 1. The maximum Gasteiger partial charge on any atom is 0.320 e. The van der Waals surface area contributed by atoms with Crippen LogP contribution in [0.4, 0.5) is 5.69 Å². The quantitative estimate of drug-likeness (QED) is 0.764. The SMILES string of the molecule is Cc1ccc(C(C)(C)C)cc1NCCC(N)C(=O)O. The van der Waals surface area contributed by atoms with Crippen molar-refractivity contribution in [1.82, 2.24) is 0 Å². The summed E-state index contributed by atoms with van der Waals surface area (Å²) in [5.41, 5.74) is 9.03. The molecule has 0 aliphatic carbocycles. The Kier molecular flexibility index (Phi) is 4.95. The maximum absolute atomic E-state index is 10.6. The van der Waals surface area contributed by atoms with Crippen molar-refractivity contribution in [3.05, 3.63) is 29.3 Å². The standard InChI is InChI=1S/C15H24N2O2/c1-10-5-6-11(15(2,3)4)9-13(10)17-8-7-12(16)14(18)19/h5-6,9,12,17H,7-8,16H2,1-4H3,(H,18,19). The molecule has 0 aliphatic heterocycles. The first-order chi connectivity index (χ1) is 8.71. The lowest BCUT2D eigenvalue weighted by atomic mass is 9.86. The van der Waals surface area contributed by atoms with Crippen LogP contribution in [0, 0.1) is 6.92 Å². The van der Waals surface area contributed by atoms with Gasteiger partial charge in [0.25, 0.3) is 0 Å². The topological polar surface area (TPSA) is 75.3 Å².